The number of carbonyl (C=O) groups is 1. The van der Waals surface area contributed by atoms with E-state index in [4.69, 9.17) is 5.73 Å². The van der Waals surface area contributed by atoms with Crippen molar-refractivity contribution in [3.63, 3.8) is 0 Å². The van der Waals surface area contributed by atoms with E-state index in [2.05, 4.69) is 10.3 Å². The van der Waals surface area contributed by atoms with Crippen molar-refractivity contribution >= 4 is 11.7 Å². The van der Waals surface area contributed by atoms with Gasteiger partial charge in [0.25, 0.3) is 0 Å². The molecule has 86 valence electrons. The number of amides is 1. The van der Waals surface area contributed by atoms with E-state index < -0.39 is 0 Å². The van der Waals surface area contributed by atoms with Gasteiger partial charge in [0.1, 0.15) is 5.82 Å². The summed E-state index contributed by atoms with van der Waals surface area (Å²) < 4.78 is 0. The molecule has 1 aliphatic rings. The molecule has 0 bridgehead atoms. The lowest BCUT2D eigenvalue weighted by molar-refractivity contribution is -0.120. The molecule has 16 heavy (non-hydrogen) atoms. The molecule has 1 amide bonds. The number of rotatable bonds is 2. The molecule has 0 saturated carbocycles. The molecule has 1 fully saturated rings. The summed E-state index contributed by atoms with van der Waals surface area (Å²) in [6.45, 7) is 4.36. The van der Waals surface area contributed by atoms with Gasteiger partial charge in [-0.3, -0.25) is 4.79 Å². The predicted molar refractivity (Wildman–Crippen MR) is 62.1 cm³/mol. The first-order chi connectivity index (χ1) is 7.70. The van der Waals surface area contributed by atoms with E-state index >= 15 is 0 Å². The van der Waals surface area contributed by atoms with Crippen molar-refractivity contribution in [2.45, 2.75) is 13.5 Å². The molecule has 3 N–H and O–H groups in total. The second kappa shape index (κ2) is 4.49. The van der Waals surface area contributed by atoms with Crippen LogP contribution in [-0.2, 0) is 11.3 Å². The number of hydrogen-bond donors (Lipinski definition) is 2. The van der Waals surface area contributed by atoms with Crippen LogP contribution in [-0.4, -0.2) is 30.5 Å². The topological polar surface area (TPSA) is 71.2 Å². The molecular weight excluding hydrogens is 204 g/mol. The Labute approximate surface area is 94.6 Å². The molecule has 5 heteroatoms. The maximum Gasteiger partial charge on any atom is 0.239 e. The van der Waals surface area contributed by atoms with Crippen molar-refractivity contribution in [2.24, 2.45) is 5.73 Å². The van der Waals surface area contributed by atoms with E-state index in [1.165, 1.54) is 0 Å². The first-order valence-corrected chi connectivity index (χ1v) is 5.38. The molecule has 0 unspecified atom stereocenters. The first kappa shape index (κ1) is 10.9. The SMILES string of the molecule is Cc1cc(CN)cnc1N1CCNC(=O)C1. The molecule has 0 spiro atoms. The van der Waals surface area contributed by atoms with E-state index in [1.807, 2.05) is 17.9 Å². The second-order valence-corrected chi connectivity index (χ2v) is 3.96. The van der Waals surface area contributed by atoms with Gasteiger partial charge in [0, 0.05) is 25.8 Å². The van der Waals surface area contributed by atoms with Gasteiger partial charge in [-0.2, -0.15) is 0 Å². The Morgan fingerprint density at radius 3 is 3.06 bits per heavy atom. The van der Waals surface area contributed by atoms with Crippen LogP contribution in [0.4, 0.5) is 5.82 Å². The van der Waals surface area contributed by atoms with Crippen LogP contribution in [0.5, 0.6) is 0 Å². The zero-order chi connectivity index (χ0) is 11.5. The minimum atomic E-state index is 0.0513. The molecule has 1 aliphatic heterocycles. The summed E-state index contributed by atoms with van der Waals surface area (Å²) in [5.74, 6) is 0.933. The Bertz CT molecular complexity index is 405. The van der Waals surface area contributed by atoms with Crippen molar-refractivity contribution in [3.8, 4) is 0 Å². The smallest absolute Gasteiger partial charge is 0.239 e. The van der Waals surface area contributed by atoms with Crippen molar-refractivity contribution < 1.29 is 4.79 Å². The Morgan fingerprint density at radius 1 is 1.62 bits per heavy atom. The van der Waals surface area contributed by atoms with Crippen molar-refractivity contribution in [1.82, 2.24) is 10.3 Å². The number of nitrogens with two attached hydrogens (primary N) is 1. The Morgan fingerprint density at radius 2 is 2.44 bits per heavy atom. The number of nitrogens with one attached hydrogen (secondary N) is 1. The summed E-state index contributed by atoms with van der Waals surface area (Å²) in [6.07, 6.45) is 1.77. The highest BCUT2D eigenvalue weighted by atomic mass is 16.2. The van der Waals surface area contributed by atoms with Crippen LogP contribution in [0, 0.1) is 6.92 Å². The first-order valence-electron chi connectivity index (χ1n) is 5.38. The largest absolute Gasteiger partial charge is 0.353 e. The van der Waals surface area contributed by atoms with Gasteiger partial charge in [-0.15, -0.1) is 0 Å². The Balaban J connectivity index is 2.22. The number of carbonyl (C=O) groups excluding carboxylic acids is 1. The summed E-state index contributed by atoms with van der Waals surface area (Å²) in [5.41, 5.74) is 7.64. The number of anilines is 1. The van der Waals surface area contributed by atoms with Crippen molar-refractivity contribution in [1.29, 1.82) is 0 Å². The zero-order valence-corrected chi connectivity index (χ0v) is 9.36. The highest BCUT2D eigenvalue weighted by molar-refractivity contribution is 5.82. The molecule has 2 heterocycles. The van der Waals surface area contributed by atoms with E-state index in [-0.39, 0.29) is 5.91 Å². The average Bonchev–Trinajstić information content (AvgIpc) is 2.28. The van der Waals surface area contributed by atoms with Crippen LogP contribution in [0.25, 0.3) is 0 Å². The van der Waals surface area contributed by atoms with Crippen LogP contribution >= 0.6 is 0 Å². The van der Waals surface area contributed by atoms with Crippen molar-refractivity contribution in [3.05, 3.63) is 23.4 Å². The van der Waals surface area contributed by atoms with Gasteiger partial charge in [0.05, 0.1) is 6.54 Å². The summed E-state index contributed by atoms with van der Waals surface area (Å²) in [6, 6.07) is 2.02. The van der Waals surface area contributed by atoms with Crippen LogP contribution in [0.15, 0.2) is 12.3 Å². The average molecular weight is 220 g/mol. The summed E-state index contributed by atoms with van der Waals surface area (Å²) in [7, 11) is 0. The fourth-order valence-electron chi connectivity index (χ4n) is 1.89. The highest BCUT2D eigenvalue weighted by Gasteiger charge is 2.18. The maximum absolute atomic E-state index is 11.3. The Hall–Kier alpha value is -1.62. The lowest BCUT2D eigenvalue weighted by Crippen LogP contribution is -2.48. The maximum atomic E-state index is 11.3. The number of nitrogens with zero attached hydrogens (tertiary/aromatic N) is 2. The van der Waals surface area contributed by atoms with Gasteiger partial charge in [0.15, 0.2) is 0 Å². The summed E-state index contributed by atoms with van der Waals surface area (Å²) >= 11 is 0. The summed E-state index contributed by atoms with van der Waals surface area (Å²) in [4.78, 5) is 17.6. The van der Waals surface area contributed by atoms with E-state index in [0.29, 0.717) is 19.6 Å². The fraction of sp³-hybridized carbons (Fsp3) is 0.455. The van der Waals surface area contributed by atoms with E-state index in [0.717, 1.165) is 23.5 Å². The number of aromatic nitrogens is 1. The zero-order valence-electron chi connectivity index (χ0n) is 9.36. The lowest BCUT2D eigenvalue weighted by atomic mass is 10.2. The lowest BCUT2D eigenvalue weighted by Gasteiger charge is -2.28. The predicted octanol–water partition coefficient (Wildman–Crippen LogP) is -0.215. The van der Waals surface area contributed by atoms with Gasteiger partial charge in [-0.1, -0.05) is 0 Å². The number of piperazine rings is 1. The van der Waals surface area contributed by atoms with Crippen LogP contribution < -0.4 is 16.0 Å². The molecule has 0 aliphatic carbocycles. The molecular formula is C11H16N4O. The van der Waals surface area contributed by atoms with Crippen molar-refractivity contribution in [2.75, 3.05) is 24.5 Å². The van der Waals surface area contributed by atoms with Gasteiger partial charge < -0.3 is 16.0 Å². The third-order valence-electron chi connectivity index (χ3n) is 2.68. The van der Waals surface area contributed by atoms with Gasteiger partial charge in [-0.25, -0.2) is 4.98 Å². The van der Waals surface area contributed by atoms with E-state index in [1.54, 1.807) is 6.20 Å². The molecule has 1 aromatic heterocycles. The highest BCUT2D eigenvalue weighted by Crippen LogP contribution is 2.18. The van der Waals surface area contributed by atoms with Crippen LogP contribution in [0.2, 0.25) is 0 Å². The minimum Gasteiger partial charge on any atom is -0.353 e. The van der Waals surface area contributed by atoms with E-state index in [9.17, 15) is 4.79 Å². The van der Waals surface area contributed by atoms with Gasteiger partial charge in [-0.05, 0) is 24.1 Å². The van der Waals surface area contributed by atoms with Gasteiger partial charge in [0.2, 0.25) is 5.91 Å². The molecule has 5 nitrogen and oxygen atoms in total. The molecule has 1 aromatic rings. The molecule has 0 radical (unpaired) electrons. The summed E-state index contributed by atoms with van der Waals surface area (Å²) in [5, 5.41) is 2.80. The molecule has 1 saturated heterocycles. The fourth-order valence-corrected chi connectivity index (χ4v) is 1.89. The molecule has 0 atom stereocenters. The normalized spacial score (nSPS) is 16.1. The quantitative estimate of drug-likeness (QED) is 0.723. The minimum absolute atomic E-state index is 0.0513. The number of pyridine rings is 1. The van der Waals surface area contributed by atoms with Gasteiger partial charge >= 0.3 is 0 Å². The monoisotopic (exact) mass is 220 g/mol. The Kier molecular flexibility index (Phi) is 3.05. The second-order valence-electron chi connectivity index (χ2n) is 3.96. The number of hydrogen-bond acceptors (Lipinski definition) is 4. The molecule has 0 aromatic carbocycles. The third-order valence-corrected chi connectivity index (χ3v) is 2.68. The standard InChI is InChI=1S/C11H16N4O/c1-8-4-9(5-12)6-14-11(8)15-3-2-13-10(16)7-15/h4,6H,2-3,5,7,12H2,1H3,(H,13,16). The number of aryl methyl sites for hydroxylation is 1. The van der Waals surface area contributed by atoms with Crippen LogP contribution in [0.3, 0.4) is 0 Å². The third kappa shape index (κ3) is 2.14. The molecule has 2 rings (SSSR count). The van der Waals surface area contributed by atoms with Crippen LogP contribution in [0.1, 0.15) is 11.1 Å².